The maximum atomic E-state index is 6.53. The lowest BCUT2D eigenvalue weighted by Crippen LogP contribution is -1.96. The van der Waals surface area contributed by atoms with E-state index in [0.717, 1.165) is 11.3 Å². The van der Waals surface area contributed by atoms with Crippen LogP contribution >= 0.6 is 0 Å². The molecule has 0 amide bonds. The van der Waals surface area contributed by atoms with Gasteiger partial charge in [0, 0.05) is 11.3 Å². The largest absolute Gasteiger partial charge is 0.398 e. The van der Waals surface area contributed by atoms with E-state index in [0.29, 0.717) is 0 Å². The number of anilines is 1. The van der Waals surface area contributed by atoms with E-state index in [9.17, 15) is 0 Å². The second-order valence-electron chi connectivity index (χ2n) is 6.12. The molecule has 116 valence electrons. The van der Waals surface area contributed by atoms with Crippen LogP contribution in [0, 0.1) is 6.92 Å². The van der Waals surface area contributed by atoms with Crippen molar-refractivity contribution < 1.29 is 0 Å². The Kier molecular flexibility index (Phi) is 3.55. The molecule has 0 heterocycles. The molecule has 2 N–H and O–H groups in total. The van der Waals surface area contributed by atoms with Crippen molar-refractivity contribution in [3.05, 3.63) is 90.5 Å². The molecule has 4 aromatic carbocycles. The molecule has 0 aliphatic carbocycles. The molecule has 0 fully saturated rings. The number of rotatable bonds is 2. The number of hydrogen-bond donors (Lipinski definition) is 1. The monoisotopic (exact) mass is 309 g/mol. The first kappa shape index (κ1) is 14.5. The van der Waals surface area contributed by atoms with Gasteiger partial charge in [0.2, 0.25) is 0 Å². The van der Waals surface area contributed by atoms with E-state index in [1.807, 2.05) is 6.07 Å². The van der Waals surface area contributed by atoms with Crippen LogP contribution in [0.4, 0.5) is 5.69 Å². The summed E-state index contributed by atoms with van der Waals surface area (Å²) in [6.07, 6.45) is 0. The number of nitrogen functional groups attached to an aromatic ring is 1. The van der Waals surface area contributed by atoms with Crippen LogP contribution in [-0.4, -0.2) is 0 Å². The Morgan fingerprint density at radius 1 is 0.667 bits per heavy atom. The summed E-state index contributed by atoms with van der Waals surface area (Å²) in [7, 11) is 0. The van der Waals surface area contributed by atoms with Gasteiger partial charge in [0.05, 0.1) is 0 Å². The molecule has 0 saturated carbocycles. The van der Waals surface area contributed by atoms with E-state index in [4.69, 9.17) is 5.73 Å². The average Bonchev–Trinajstić information content (AvgIpc) is 2.62. The molecule has 0 aromatic heterocycles. The van der Waals surface area contributed by atoms with Crippen LogP contribution in [0.2, 0.25) is 0 Å². The van der Waals surface area contributed by atoms with Crippen molar-refractivity contribution in [3.8, 4) is 22.3 Å². The first-order chi connectivity index (χ1) is 11.8. The van der Waals surface area contributed by atoms with Crippen LogP contribution < -0.4 is 5.73 Å². The molecule has 0 saturated heterocycles. The maximum absolute atomic E-state index is 6.53. The highest BCUT2D eigenvalue weighted by Crippen LogP contribution is 2.42. The lowest BCUT2D eigenvalue weighted by atomic mass is 9.87. The van der Waals surface area contributed by atoms with Crippen LogP contribution in [0.25, 0.3) is 33.0 Å². The van der Waals surface area contributed by atoms with Crippen LogP contribution in [-0.2, 0) is 0 Å². The fraction of sp³-hybridized carbons (Fsp3) is 0.0435. The highest BCUT2D eigenvalue weighted by atomic mass is 14.6. The Morgan fingerprint density at radius 3 is 2.12 bits per heavy atom. The summed E-state index contributed by atoms with van der Waals surface area (Å²) in [6.45, 7) is 2.14. The second-order valence-corrected chi connectivity index (χ2v) is 6.12. The zero-order valence-corrected chi connectivity index (χ0v) is 13.7. The number of nitrogens with two attached hydrogens (primary N) is 1. The molecule has 4 rings (SSSR count). The van der Waals surface area contributed by atoms with Crippen molar-refractivity contribution in [3.63, 3.8) is 0 Å². The highest BCUT2D eigenvalue weighted by molar-refractivity contribution is 6.08. The van der Waals surface area contributed by atoms with Gasteiger partial charge in [-0.25, -0.2) is 0 Å². The molecular formula is C23H19N. The summed E-state index contributed by atoms with van der Waals surface area (Å²) >= 11 is 0. The van der Waals surface area contributed by atoms with Gasteiger partial charge in [-0.2, -0.15) is 0 Å². The zero-order chi connectivity index (χ0) is 16.5. The molecule has 4 aromatic rings. The fourth-order valence-electron chi connectivity index (χ4n) is 3.42. The third-order valence-electron chi connectivity index (χ3n) is 4.56. The Hall–Kier alpha value is -3.06. The Balaban J connectivity index is 2.17. The first-order valence-electron chi connectivity index (χ1n) is 8.18. The third kappa shape index (κ3) is 2.35. The quantitative estimate of drug-likeness (QED) is 0.447. The molecule has 0 unspecified atom stereocenters. The fourth-order valence-corrected chi connectivity index (χ4v) is 3.42. The van der Waals surface area contributed by atoms with Crippen molar-refractivity contribution in [2.75, 3.05) is 5.73 Å². The molecule has 0 aliphatic rings. The van der Waals surface area contributed by atoms with Crippen LogP contribution in [0.15, 0.2) is 84.9 Å². The normalized spacial score (nSPS) is 10.9. The molecule has 0 aliphatic heterocycles. The summed E-state index contributed by atoms with van der Waals surface area (Å²) < 4.78 is 0. The number of benzene rings is 4. The lowest BCUT2D eigenvalue weighted by Gasteiger charge is -2.18. The van der Waals surface area contributed by atoms with E-state index in [2.05, 4.69) is 85.8 Å². The molecular weight excluding hydrogens is 290 g/mol. The van der Waals surface area contributed by atoms with Crippen molar-refractivity contribution >= 4 is 16.5 Å². The first-order valence-corrected chi connectivity index (χ1v) is 8.18. The number of aryl methyl sites for hydroxylation is 1. The van der Waals surface area contributed by atoms with Crippen molar-refractivity contribution in [2.45, 2.75) is 6.92 Å². The van der Waals surface area contributed by atoms with E-state index in [-0.39, 0.29) is 0 Å². The van der Waals surface area contributed by atoms with Gasteiger partial charge in [-0.3, -0.25) is 0 Å². The zero-order valence-electron chi connectivity index (χ0n) is 13.7. The molecule has 24 heavy (non-hydrogen) atoms. The van der Waals surface area contributed by atoms with Crippen LogP contribution in [0.5, 0.6) is 0 Å². The van der Waals surface area contributed by atoms with Gasteiger partial charge >= 0.3 is 0 Å². The third-order valence-corrected chi connectivity index (χ3v) is 4.56. The summed E-state index contributed by atoms with van der Waals surface area (Å²) in [4.78, 5) is 0. The SMILES string of the molecule is Cc1ccccc1-c1c(N)cc2ccccc2c1-c1ccccc1. The van der Waals surface area contributed by atoms with Crippen molar-refractivity contribution in [1.82, 2.24) is 0 Å². The summed E-state index contributed by atoms with van der Waals surface area (Å²) in [5, 5.41) is 2.40. The summed E-state index contributed by atoms with van der Waals surface area (Å²) in [5.41, 5.74) is 13.3. The van der Waals surface area contributed by atoms with Gasteiger partial charge in [-0.05, 0) is 46.0 Å². The van der Waals surface area contributed by atoms with E-state index >= 15 is 0 Å². The molecule has 0 spiro atoms. The molecule has 0 atom stereocenters. The lowest BCUT2D eigenvalue weighted by molar-refractivity contribution is 1.46. The van der Waals surface area contributed by atoms with E-state index in [1.165, 1.54) is 33.0 Å². The van der Waals surface area contributed by atoms with Gasteiger partial charge in [0.25, 0.3) is 0 Å². The number of fused-ring (bicyclic) bond motifs is 1. The smallest absolute Gasteiger partial charge is 0.0406 e. The van der Waals surface area contributed by atoms with Gasteiger partial charge in [0.1, 0.15) is 0 Å². The Morgan fingerprint density at radius 2 is 1.33 bits per heavy atom. The average molecular weight is 309 g/mol. The molecule has 1 heteroatoms. The van der Waals surface area contributed by atoms with E-state index < -0.39 is 0 Å². The van der Waals surface area contributed by atoms with Gasteiger partial charge in [0.15, 0.2) is 0 Å². The highest BCUT2D eigenvalue weighted by Gasteiger charge is 2.16. The van der Waals surface area contributed by atoms with Crippen molar-refractivity contribution in [1.29, 1.82) is 0 Å². The summed E-state index contributed by atoms with van der Waals surface area (Å²) in [6, 6.07) is 29.5. The topological polar surface area (TPSA) is 26.0 Å². The van der Waals surface area contributed by atoms with Gasteiger partial charge in [-0.1, -0.05) is 78.9 Å². The van der Waals surface area contributed by atoms with Gasteiger partial charge < -0.3 is 5.73 Å². The minimum atomic E-state index is 0.821. The Labute approximate surface area is 142 Å². The summed E-state index contributed by atoms with van der Waals surface area (Å²) in [5.74, 6) is 0. The minimum absolute atomic E-state index is 0.821. The minimum Gasteiger partial charge on any atom is -0.398 e. The molecule has 0 bridgehead atoms. The predicted molar refractivity (Wildman–Crippen MR) is 104 cm³/mol. The predicted octanol–water partition coefficient (Wildman–Crippen LogP) is 6.06. The van der Waals surface area contributed by atoms with Crippen molar-refractivity contribution in [2.24, 2.45) is 0 Å². The molecule has 1 nitrogen and oxygen atoms in total. The Bertz CT molecular complexity index is 1020. The molecule has 0 radical (unpaired) electrons. The number of hydrogen-bond acceptors (Lipinski definition) is 1. The van der Waals surface area contributed by atoms with Gasteiger partial charge in [-0.15, -0.1) is 0 Å². The van der Waals surface area contributed by atoms with Crippen LogP contribution in [0.3, 0.4) is 0 Å². The maximum Gasteiger partial charge on any atom is 0.0406 e. The second kappa shape index (κ2) is 5.86. The standard InChI is InChI=1S/C23H19N/c1-16-9-5-7-13-19(16)23-21(24)15-18-12-6-8-14-20(18)22(23)17-10-3-2-4-11-17/h2-15H,24H2,1H3. The van der Waals surface area contributed by atoms with E-state index in [1.54, 1.807) is 0 Å². The van der Waals surface area contributed by atoms with Crippen LogP contribution in [0.1, 0.15) is 5.56 Å².